The molecule has 0 bridgehead atoms. The molecule has 0 unspecified atom stereocenters. The van der Waals surface area contributed by atoms with E-state index >= 15 is 0 Å². The van der Waals surface area contributed by atoms with Gasteiger partial charge >= 0.3 is 0 Å². The number of ether oxygens (including phenoxy) is 3. The zero-order valence-corrected chi connectivity index (χ0v) is 7.29. The summed E-state index contributed by atoms with van der Waals surface area (Å²) in [5.41, 5.74) is 0. The molecule has 0 N–H and O–H groups in total. The summed E-state index contributed by atoms with van der Waals surface area (Å²) in [6, 6.07) is 0. The molecule has 1 fully saturated rings. The Bertz CT molecular complexity index is 154. The Morgan fingerprint density at radius 1 is 1.58 bits per heavy atom. The number of hydrogen-bond acceptors (Lipinski definition) is 3. The molecule has 1 rings (SSSR count). The second-order valence-corrected chi connectivity index (χ2v) is 2.71. The van der Waals surface area contributed by atoms with Gasteiger partial charge in [-0.1, -0.05) is 5.92 Å². The van der Waals surface area contributed by atoms with Crippen LogP contribution in [0.25, 0.3) is 0 Å². The second kappa shape index (κ2) is 5.15. The van der Waals surface area contributed by atoms with Gasteiger partial charge in [-0.25, -0.2) is 0 Å². The molecule has 0 spiro atoms. The van der Waals surface area contributed by atoms with Gasteiger partial charge in [0.15, 0.2) is 6.29 Å². The standard InChI is InChI=1S/C9H14O3/c1-3-6-11-8-4-5-9(10-2)12-7-8/h1,8-9H,4-7H2,2H3/t8-,9+/m0/s1. The molecule has 1 aliphatic rings. The van der Waals surface area contributed by atoms with Gasteiger partial charge in [-0.05, 0) is 6.42 Å². The number of rotatable bonds is 3. The van der Waals surface area contributed by atoms with Gasteiger partial charge in [0.1, 0.15) is 6.61 Å². The summed E-state index contributed by atoms with van der Waals surface area (Å²) in [5, 5.41) is 0. The lowest BCUT2D eigenvalue weighted by atomic mass is 10.1. The number of hydrogen-bond donors (Lipinski definition) is 0. The molecule has 0 saturated carbocycles. The Balaban J connectivity index is 2.14. The fraction of sp³-hybridized carbons (Fsp3) is 0.778. The fourth-order valence-electron chi connectivity index (χ4n) is 1.19. The van der Waals surface area contributed by atoms with E-state index < -0.39 is 0 Å². The van der Waals surface area contributed by atoms with E-state index in [0.717, 1.165) is 12.8 Å². The lowest BCUT2D eigenvalue weighted by Gasteiger charge is -2.27. The van der Waals surface area contributed by atoms with Crippen molar-refractivity contribution < 1.29 is 14.2 Å². The van der Waals surface area contributed by atoms with Crippen LogP contribution in [-0.4, -0.2) is 32.7 Å². The molecule has 12 heavy (non-hydrogen) atoms. The maximum absolute atomic E-state index is 5.32. The highest BCUT2D eigenvalue weighted by Gasteiger charge is 2.21. The van der Waals surface area contributed by atoms with E-state index in [9.17, 15) is 0 Å². The summed E-state index contributed by atoms with van der Waals surface area (Å²) in [6.07, 6.45) is 6.98. The molecule has 0 aromatic rings. The first-order valence-corrected chi connectivity index (χ1v) is 4.06. The molecular weight excluding hydrogens is 156 g/mol. The lowest BCUT2D eigenvalue weighted by molar-refractivity contribution is -0.179. The Hall–Kier alpha value is -0.560. The molecule has 3 heteroatoms. The third-order valence-corrected chi connectivity index (χ3v) is 1.86. The van der Waals surface area contributed by atoms with Gasteiger partial charge in [-0.2, -0.15) is 0 Å². The molecular formula is C9H14O3. The molecule has 68 valence electrons. The molecule has 0 aromatic heterocycles. The maximum atomic E-state index is 5.32. The first-order chi connectivity index (χ1) is 5.86. The average molecular weight is 170 g/mol. The van der Waals surface area contributed by atoms with E-state index in [1.54, 1.807) is 7.11 Å². The second-order valence-electron chi connectivity index (χ2n) is 2.71. The van der Waals surface area contributed by atoms with Crippen molar-refractivity contribution in [2.24, 2.45) is 0 Å². The van der Waals surface area contributed by atoms with Gasteiger partial charge < -0.3 is 14.2 Å². The first kappa shape index (κ1) is 9.53. The van der Waals surface area contributed by atoms with Crippen LogP contribution in [-0.2, 0) is 14.2 Å². The van der Waals surface area contributed by atoms with Crippen LogP contribution >= 0.6 is 0 Å². The zero-order valence-electron chi connectivity index (χ0n) is 7.29. The first-order valence-electron chi connectivity index (χ1n) is 4.06. The van der Waals surface area contributed by atoms with Crippen LogP contribution in [0.1, 0.15) is 12.8 Å². The molecule has 0 aliphatic carbocycles. The summed E-state index contributed by atoms with van der Waals surface area (Å²) >= 11 is 0. The third kappa shape index (κ3) is 2.82. The van der Waals surface area contributed by atoms with Crippen LogP contribution in [0.4, 0.5) is 0 Å². The normalized spacial score (nSPS) is 29.7. The van der Waals surface area contributed by atoms with Gasteiger partial charge in [0.2, 0.25) is 0 Å². The molecule has 3 nitrogen and oxygen atoms in total. The van der Waals surface area contributed by atoms with Crippen molar-refractivity contribution in [1.82, 2.24) is 0 Å². The quantitative estimate of drug-likeness (QED) is 0.586. The van der Waals surface area contributed by atoms with E-state index in [-0.39, 0.29) is 12.4 Å². The minimum atomic E-state index is -0.0596. The Morgan fingerprint density at radius 3 is 2.92 bits per heavy atom. The minimum Gasteiger partial charge on any atom is -0.363 e. The van der Waals surface area contributed by atoms with Crippen LogP contribution < -0.4 is 0 Å². The minimum absolute atomic E-state index is 0.0596. The van der Waals surface area contributed by atoms with Crippen molar-refractivity contribution in [2.45, 2.75) is 25.2 Å². The van der Waals surface area contributed by atoms with Gasteiger partial charge in [-0.3, -0.25) is 0 Å². The van der Waals surface area contributed by atoms with Crippen molar-refractivity contribution in [3.63, 3.8) is 0 Å². The molecule has 1 heterocycles. The zero-order chi connectivity index (χ0) is 8.81. The van der Waals surface area contributed by atoms with Gasteiger partial charge in [0.05, 0.1) is 12.7 Å². The molecule has 1 aliphatic heterocycles. The molecule has 2 atom stereocenters. The maximum Gasteiger partial charge on any atom is 0.157 e. The predicted molar refractivity (Wildman–Crippen MR) is 44.6 cm³/mol. The van der Waals surface area contributed by atoms with E-state index in [0.29, 0.717) is 13.2 Å². The lowest BCUT2D eigenvalue weighted by Crippen LogP contribution is -2.32. The summed E-state index contributed by atoms with van der Waals surface area (Å²) < 4.78 is 15.7. The average Bonchev–Trinajstić information content (AvgIpc) is 2.15. The topological polar surface area (TPSA) is 27.7 Å². The Labute approximate surface area is 73.0 Å². The highest BCUT2D eigenvalue weighted by molar-refractivity contribution is 4.83. The van der Waals surface area contributed by atoms with Crippen molar-refractivity contribution in [1.29, 1.82) is 0 Å². The van der Waals surface area contributed by atoms with Crippen LogP contribution in [0.2, 0.25) is 0 Å². The summed E-state index contributed by atoms with van der Waals surface area (Å²) in [5.74, 6) is 2.43. The van der Waals surface area contributed by atoms with Crippen LogP contribution in [0.5, 0.6) is 0 Å². The van der Waals surface area contributed by atoms with Gasteiger partial charge in [-0.15, -0.1) is 6.42 Å². The van der Waals surface area contributed by atoms with Crippen molar-refractivity contribution >= 4 is 0 Å². The molecule has 0 aromatic carbocycles. The SMILES string of the molecule is C#CCO[C@H]1CC[C@H](OC)OC1. The third-order valence-electron chi connectivity index (χ3n) is 1.86. The Morgan fingerprint density at radius 2 is 2.42 bits per heavy atom. The number of terminal acetylenes is 1. The van der Waals surface area contributed by atoms with Crippen LogP contribution in [0.15, 0.2) is 0 Å². The highest BCUT2D eigenvalue weighted by atomic mass is 16.7. The largest absolute Gasteiger partial charge is 0.363 e. The summed E-state index contributed by atoms with van der Waals surface area (Å²) in [6.45, 7) is 0.950. The van der Waals surface area contributed by atoms with Crippen molar-refractivity contribution in [3.05, 3.63) is 0 Å². The van der Waals surface area contributed by atoms with Crippen molar-refractivity contribution in [3.8, 4) is 12.3 Å². The van der Waals surface area contributed by atoms with Crippen LogP contribution in [0, 0.1) is 12.3 Å². The predicted octanol–water partition coefficient (Wildman–Crippen LogP) is 0.788. The fourth-order valence-corrected chi connectivity index (χ4v) is 1.19. The smallest absolute Gasteiger partial charge is 0.157 e. The molecule has 0 radical (unpaired) electrons. The molecule has 0 amide bonds. The van der Waals surface area contributed by atoms with E-state index in [2.05, 4.69) is 5.92 Å². The van der Waals surface area contributed by atoms with Crippen molar-refractivity contribution in [2.75, 3.05) is 20.3 Å². The summed E-state index contributed by atoms with van der Waals surface area (Å²) in [4.78, 5) is 0. The van der Waals surface area contributed by atoms with E-state index in [4.69, 9.17) is 20.6 Å². The van der Waals surface area contributed by atoms with Gasteiger partial charge in [0, 0.05) is 13.5 Å². The Kier molecular flexibility index (Phi) is 4.09. The summed E-state index contributed by atoms with van der Waals surface area (Å²) in [7, 11) is 1.65. The monoisotopic (exact) mass is 170 g/mol. The number of methoxy groups -OCH3 is 1. The van der Waals surface area contributed by atoms with E-state index in [1.165, 1.54) is 0 Å². The highest BCUT2D eigenvalue weighted by Crippen LogP contribution is 2.15. The van der Waals surface area contributed by atoms with E-state index in [1.807, 2.05) is 0 Å². The van der Waals surface area contributed by atoms with Crippen LogP contribution in [0.3, 0.4) is 0 Å². The molecule has 1 saturated heterocycles. The van der Waals surface area contributed by atoms with Gasteiger partial charge in [0.25, 0.3) is 0 Å².